The van der Waals surface area contributed by atoms with Gasteiger partial charge in [0.1, 0.15) is 5.75 Å². The van der Waals surface area contributed by atoms with Crippen molar-refractivity contribution in [3.63, 3.8) is 0 Å². The van der Waals surface area contributed by atoms with Gasteiger partial charge >= 0.3 is 0 Å². The Bertz CT molecular complexity index is 1140. The molecule has 2 fully saturated rings. The van der Waals surface area contributed by atoms with E-state index in [4.69, 9.17) is 10.5 Å². The van der Waals surface area contributed by atoms with Crippen molar-refractivity contribution < 1.29 is 22.7 Å². The van der Waals surface area contributed by atoms with Crippen LogP contribution in [0.2, 0.25) is 0 Å². The lowest BCUT2D eigenvalue weighted by Gasteiger charge is -2.28. The predicted octanol–water partition coefficient (Wildman–Crippen LogP) is 2.58. The standard InChI is InChI=1S/C24H30N4O5S/c25-24(30)21-16-20(34(31,32)28-14-4-5-15-28)10-11-22(21)33-17-23(29)26-18-6-8-19(9-7-18)27-12-2-1-3-13-27/h6-11,16H,1-5,12-15,17H2,(H2,25,30)(H,26,29). The van der Waals surface area contributed by atoms with Crippen LogP contribution < -0.4 is 20.7 Å². The van der Waals surface area contributed by atoms with Crippen LogP contribution in [-0.4, -0.2) is 57.3 Å². The van der Waals surface area contributed by atoms with E-state index in [1.807, 2.05) is 24.3 Å². The first-order chi connectivity index (χ1) is 16.3. The van der Waals surface area contributed by atoms with E-state index in [2.05, 4.69) is 10.2 Å². The third kappa shape index (κ3) is 5.51. The molecule has 2 aliphatic heterocycles. The van der Waals surface area contributed by atoms with Crippen LogP contribution in [0.5, 0.6) is 5.75 Å². The van der Waals surface area contributed by atoms with Crippen molar-refractivity contribution in [1.82, 2.24) is 4.31 Å². The Balaban J connectivity index is 1.38. The molecule has 0 aromatic heterocycles. The van der Waals surface area contributed by atoms with Crippen LogP contribution in [0.3, 0.4) is 0 Å². The minimum absolute atomic E-state index is 0.0196. The van der Waals surface area contributed by atoms with E-state index >= 15 is 0 Å². The third-order valence-electron chi connectivity index (χ3n) is 6.15. The molecule has 2 heterocycles. The van der Waals surface area contributed by atoms with Crippen LogP contribution >= 0.6 is 0 Å². The number of carbonyl (C=O) groups excluding carboxylic acids is 2. The van der Waals surface area contributed by atoms with Gasteiger partial charge in [-0.1, -0.05) is 0 Å². The third-order valence-corrected chi connectivity index (χ3v) is 8.04. The Morgan fingerprint density at radius 3 is 2.21 bits per heavy atom. The second-order valence-corrected chi connectivity index (χ2v) is 10.5. The average molecular weight is 487 g/mol. The highest BCUT2D eigenvalue weighted by molar-refractivity contribution is 7.89. The number of piperidine rings is 1. The Kier molecular flexibility index (Phi) is 7.38. The number of benzene rings is 2. The Hall–Kier alpha value is -3.11. The Labute approximate surface area is 199 Å². The molecular weight excluding hydrogens is 456 g/mol. The van der Waals surface area contributed by atoms with Gasteiger partial charge in [-0.25, -0.2) is 8.42 Å². The van der Waals surface area contributed by atoms with Gasteiger partial charge in [0, 0.05) is 37.6 Å². The van der Waals surface area contributed by atoms with Crippen molar-refractivity contribution in [2.75, 3.05) is 43.0 Å². The summed E-state index contributed by atoms with van der Waals surface area (Å²) in [5.74, 6) is -1.18. The predicted molar refractivity (Wildman–Crippen MR) is 130 cm³/mol. The zero-order valence-corrected chi connectivity index (χ0v) is 19.9. The van der Waals surface area contributed by atoms with Gasteiger partial charge in [0.2, 0.25) is 10.0 Å². The van der Waals surface area contributed by atoms with Gasteiger partial charge in [-0.2, -0.15) is 4.31 Å². The first kappa shape index (κ1) is 24.0. The summed E-state index contributed by atoms with van der Waals surface area (Å²) in [5.41, 5.74) is 7.13. The summed E-state index contributed by atoms with van der Waals surface area (Å²) in [6, 6.07) is 11.6. The fraction of sp³-hybridized carbons (Fsp3) is 0.417. The molecule has 34 heavy (non-hydrogen) atoms. The molecule has 2 aromatic carbocycles. The zero-order valence-electron chi connectivity index (χ0n) is 19.0. The largest absolute Gasteiger partial charge is 0.483 e. The summed E-state index contributed by atoms with van der Waals surface area (Å²) in [6.07, 6.45) is 5.25. The van der Waals surface area contributed by atoms with Gasteiger partial charge in [-0.05, 0) is 74.6 Å². The van der Waals surface area contributed by atoms with E-state index in [0.29, 0.717) is 18.8 Å². The molecular formula is C24H30N4O5S. The summed E-state index contributed by atoms with van der Waals surface area (Å²) in [6.45, 7) is 2.63. The number of sulfonamides is 1. The molecule has 2 aliphatic rings. The first-order valence-electron chi connectivity index (χ1n) is 11.6. The van der Waals surface area contributed by atoms with E-state index in [9.17, 15) is 18.0 Å². The molecule has 10 heteroatoms. The molecule has 0 unspecified atom stereocenters. The van der Waals surface area contributed by atoms with Crippen molar-refractivity contribution in [3.05, 3.63) is 48.0 Å². The van der Waals surface area contributed by atoms with Gasteiger partial charge in [0.05, 0.1) is 10.5 Å². The average Bonchev–Trinajstić information content (AvgIpc) is 3.40. The molecule has 0 radical (unpaired) electrons. The fourth-order valence-corrected chi connectivity index (χ4v) is 5.86. The zero-order chi connectivity index (χ0) is 24.1. The van der Waals surface area contributed by atoms with E-state index in [1.165, 1.54) is 41.8 Å². The molecule has 0 saturated carbocycles. The maximum atomic E-state index is 12.8. The van der Waals surface area contributed by atoms with E-state index in [1.54, 1.807) is 0 Å². The van der Waals surface area contributed by atoms with E-state index < -0.39 is 21.8 Å². The van der Waals surface area contributed by atoms with Gasteiger partial charge in [-0.15, -0.1) is 0 Å². The second kappa shape index (κ2) is 10.4. The van der Waals surface area contributed by atoms with Gasteiger partial charge in [0.25, 0.3) is 11.8 Å². The number of primary amides is 1. The van der Waals surface area contributed by atoms with Crippen LogP contribution in [0.4, 0.5) is 11.4 Å². The number of hydrogen-bond acceptors (Lipinski definition) is 6. The lowest BCUT2D eigenvalue weighted by Crippen LogP contribution is -2.29. The molecule has 9 nitrogen and oxygen atoms in total. The summed E-state index contributed by atoms with van der Waals surface area (Å²) in [4.78, 5) is 26.6. The number of nitrogens with two attached hydrogens (primary N) is 1. The lowest BCUT2D eigenvalue weighted by molar-refractivity contribution is -0.118. The molecule has 0 atom stereocenters. The topological polar surface area (TPSA) is 122 Å². The second-order valence-electron chi connectivity index (χ2n) is 8.56. The normalized spacial score (nSPS) is 16.9. The molecule has 2 saturated heterocycles. The van der Waals surface area contributed by atoms with E-state index in [-0.39, 0.29) is 22.8 Å². The van der Waals surface area contributed by atoms with Crippen molar-refractivity contribution in [3.8, 4) is 5.75 Å². The number of nitrogens with zero attached hydrogens (tertiary/aromatic N) is 2. The Morgan fingerprint density at radius 2 is 1.56 bits per heavy atom. The molecule has 2 amide bonds. The number of hydrogen-bond donors (Lipinski definition) is 2. The quantitative estimate of drug-likeness (QED) is 0.591. The highest BCUT2D eigenvalue weighted by Gasteiger charge is 2.28. The molecule has 0 spiro atoms. The van der Waals surface area contributed by atoms with Crippen molar-refractivity contribution >= 4 is 33.2 Å². The summed E-state index contributed by atoms with van der Waals surface area (Å²) in [5, 5.41) is 2.76. The van der Waals surface area contributed by atoms with Gasteiger partial charge in [0.15, 0.2) is 6.61 Å². The number of amides is 2. The number of nitrogens with one attached hydrogen (secondary N) is 1. The summed E-state index contributed by atoms with van der Waals surface area (Å²) >= 11 is 0. The maximum absolute atomic E-state index is 12.8. The number of carbonyl (C=O) groups is 2. The van der Waals surface area contributed by atoms with Gasteiger partial charge in [-0.3, -0.25) is 9.59 Å². The first-order valence-corrected chi connectivity index (χ1v) is 13.0. The highest BCUT2D eigenvalue weighted by Crippen LogP contribution is 2.27. The van der Waals surface area contributed by atoms with Crippen molar-refractivity contribution in [1.29, 1.82) is 0 Å². The lowest BCUT2D eigenvalue weighted by atomic mass is 10.1. The van der Waals surface area contributed by atoms with Crippen LogP contribution in [0.15, 0.2) is 47.4 Å². The minimum Gasteiger partial charge on any atom is -0.483 e. The van der Waals surface area contributed by atoms with Crippen LogP contribution in [0, 0.1) is 0 Å². The summed E-state index contributed by atoms with van der Waals surface area (Å²) < 4.78 is 32.5. The number of ether oxygens (including phenoxy) is 1. The minimum atomic E-state index is -3.71. The molecule has 3 N–H and O–H groups in total. The number of anilines is 2. The summed E-state index contributed by atoms with van der Waals surface area (Å²) in [7, 11) is -3.71. The monoisotopic (exact) mass is 486 g/mol. The highest BCUT2D eigenvalue weighted by atomic mass is 32.2. The molecule has 2 aromatic rings. The van der Waals surface area contributed by atoms with Gasteiger partial charge < -0.3 is 20.7 Å². The molecule has 0 aliphatic carbocycles. The van der Waals surface area contributed by atoms with Crippen molar-refractivity contribution in [2.24, 2.45) is 5.73 Å². The molecule has 0 bridgehead atoms. The Morgan fingerprint density at radius 1 is 0.912 bits per heavy atom. The van der Waals surface area contributed by atoms with E-state index in [0.717, 1.165) is 31.6 Å². The maximum Gasteiger partial charge on any atom is 0.262 e. The smallest absolute Gasteiger partial charge is 0.262 e. The van der Waals surface area contributed by atoms with Crippen molar-refractivity contribution in [2.45, 2.75) is 37.0 Å². The number of rotatable bonds is 8. The fourth-order valence-electron chi connectivity index (χ4n) is 4.31. The SMILES string of the molecule is NC(=O)c1cc(S(=O)(=O)N2CCCC2)ccc1OCC(=O)Nc1ccc(N2CCCCC2)cc1. The van der Waals surface area contributed by atoms with Crippen LogP contribution in [0.25, 0.3) is 0 Å². The molecule has 182 valence electrons. The van der Waals surface area contributed by atoms with Crippen LogP contribution in [-0.2, 0) is 14.8 Å². The molecule has 4 rings (SSSR count). The van der Waals surface area contributed by atoms with Crippen LogP contribution in [0.1, 0.15) is 42.5 Å².